The lowest BCUT2D eigenvalue weighted by Gasteiger charge is -2.07. The van der Waals surface area contributed by atoms with Crippen LogP contribution in [0, 0.1) is 12.7 Å². The number of aromatic nitrogens is 2. The maximum Gasteiger partial charge on any atom is 0.222 e. The second-order valence-corrected chi connectivity index (χ2v) is 3.71. The van der Waals surface area contributed by atoms with Crippen molar-refractivity contribution in [3.8, 4) is 11.3 Å². The minimum absolute atomic E-state index is 0.106. The summed E-state index contributed by atoms with van der Waals surface area (Å²) in [7, 11) is 0. The van der Waals surface area contributed by atoms with Crippen LogP contribution in [-0.2, 0) is 0 Å². The van der Waals surface area contributed by atoms with Crippen LogP contribution in [0.25, 0.3) is 11.3 Å². The molecule has 0 saturated heterocycles. The topological polar surface area (TPSA) is 51.8 Å². The first kappa shape index (κ1) is 10.8. The van der Waals surface area contributed by atoms with E-state index < -0.39 is 0 Å². The van der Waals surface area contributed by atoms with Crippen LogP contribution in [0.3, 0.4) is 0 Å². The predicted octanol–water partition coefficient (Wildman–Crippen LogP) is 2.83. The van der Waals surface area contributed by atoms with Crippen LogP contribution in [-0.4, -0.2) is 9.97 Å². The summed E-state index contributed by atoms with van der Waals surface area (Å²) >= 11 is 5.90. The summed E-state index contributed by atoms with van der Waals surface area (Å²) in [5, 5.41) is 0.312. The van der Waals surface area contributed by atoms with Crippen LogP contribution in [0.15, 0.2) is 24.3 Å². The standard InChI is InChI=1S/C11H9ClFN3/c1-6-9(15-11(14)16-10(6)12)7-2-4-8(13)5-3-7/h2-5H,1H3,(H2,14,15,16). The van der Waals surface area contributed by atoms with Crippen molar-refractivity contribution >= 4 is 17.5 Å². The van der Waals surface area contributed by atoms with E-state index in [1.54, 1.807) is 19.1 Å². The zero-order chi connectivity index (χ0) is 11.7. The van der Waals surface area contributed by atoms with E-state index in [9.17, 15) is 4.39 Å². The van der Waals surface area contributed by atoms with Crippen molar-refractivity contribution in [2.24, 2.45) is 0 Å². The molecule has 16 heavy (non-hydrogen) atoms. The smallest absolute Gasteiger partial charge is 0.222 e. The third-order valence-corrected chi connectivity index (χ3v) is 2.59. The van der Waals surface area contributed by atoms with Crippen LogP contribution in [0.1, 0.15) is 5.56 Å². The highest BCUT2D eigenvalue weighted by molar-refractivity contribution is 6.30. The molecule has 0 aliphatic heterocycles. The maximum absolute atomic E-state index is 12.8. The molecule has 82 valence electrons. The molecule has 0 fully saturated rings. The summed E-state index contributed by atoms with van der Waals surface area (Å²) in [4.78, 5) is 7.93. The molecule has 2 N–H and O–H groups in total. The van der Waals surface area contributed by atoms with E-state index in [0.717, 1.165) is 11.1 Å². The normalized spacial score (nSPS) is 10.4. The van der Waals surface area contributed by atoms with Crippen LogP contribution >= 0.6 is 11.6 Å². The van der Waals surface area contributed by atoms with Crippen molar-refractivity contribution in [1.29, 1.82) is 0 Å². The first-order chi connectivity index (χ1) is 7.58. The SMILES string of the molecule is Cc1c(Cl)nc(N)nc1-c1ccc(F)cc1. The van der Waals surface area contributed by atoms with E-state index in [1.807, 2.05) is 0 Å². The average Bonchev–Trinajstić information content (AvgIpc) is 2.25. The Morgan fingerprint density at radius 1 is 1.19 bits per heavy atom. The Bertz CT molecular complexity index is 525. The molecule has 0 atom stereocenters. The lowest BCUT2D eigenvalue weighted by Crippen LogP contribution is -2.00. The minimum atomic E-state index is -0.297. The van der Waals surface area contributed by atoms with Gasteiger partial charge in [0.25, 0.3) is 0 Å². The van der Waals surface area contributed by atoms with Crippen molar-refractivity contribution in [1.82, 2.24) is 9.97 Å². The van der Waals surface area contributed by atoms with Crippen LogP contribution < -0.4 is 5.73 Å². The highest BCUT2D eigenvalue weighted by Gasteiger charge is 2.09. The van der Waals surface area contributed by atoms with Gasteiger partial charge < -0.3 is 5.73 Å². The zero-order valence-electron chi connectivity index (χ0n) is 8.54. The minimum Gasteiger partial charge on any atom is -0.368 e. The number of nitrogens with zero attached hydrogens (tertiary/aromatic N) is 2. The fourth-order valence-electron chi connectivity index (χ4n) is 1.39. The zero-order valence-corrected chi connectivity index (χ0v) is 9.29. The average molecular weight is 238 g/mol. The van der Waals surface area contributed by atoms with Crippen molar-refractivity contribution in [3.05, 3.63) is 40.8 Å². The number of nitrogens with two attached hydrogens (primary N) is 1. The number of halogens is 2. The fraction of sp³-hybridized carbons (Fsp3) is 0.0909. The molecular weight excluding hydrogens is 229 g/mol. The molecule has 3 nitrogen and oxygen atoms in total. The number of benzene rings is 1. The number of hydrogen-bond acceptors (Lipinski definition) is 3. The van der Waals surface area contributed by atoms with Crippen LogP contribution in [0.2, 0.25) is 5.15 Å². The number of hydrogen-bond donors (Lipinski definition) is 1. The Morgan fingerprint density at radius 3 is 2.44 bits per heavy atom. The van der Waals surface area contributed by atoms with Gasteiger partial charge in [-0.15, -0.1) is 0 Å². The van der Waals surface area contributed by atoms with Gasteiger partial charge in [0.05, 0.1) is 5.69 Å². The molecule has 0 amide bonds. The van der Waals surface area contributed by atoms with E-state index >= 15 is 0 Å². The summed E-state index contributed by atoms with van der Waals surface area (Å²) in [5.41, 5.74) is 7.62. The molecule has 0 aliphatic rings. The van der Waals surface area contributed by atoms with Crippen molar-refractivity contribution in [2.45, 2.75) is 6.92 Å². The second-order valence-electron chi connectivity index (χ2n) is 3.35. The molecule has 2 aromatic rings. The van der Waals surface area contributed by atoms with Gasteiger partial charge in [0.2, 0.25) is 5.95 Å². The first-order valence-corrected chi connectivity index (χ1v) is 5.01. The van der Waals surface area contributed by atoms with E-state index in [-0.39, 0.29) is 11.8 Å². The molecule has 0 aliphatic carbocycles. The molecule has 0 spiro atoms. The maximum atomic E-state index is 12.8. The van der Waals surface area contributed by atoms with E-state index in [2.05, 4.69) is 9.97 Å². The van der Waals surface area contributed by atoms with Crippen molar-refractivity contribution in [2.75, 3.05) is 5.73 Å². The summed E-state index contributed by atoms with van der Waals surface area (Å²) in [6.07, 6.45) is 0. The number of anilines is 1. The quantitative estimate of drug-likeness (QED) is 0.776. The predicted molar refractivity (Wildman–Crippen MR) is 61.6 cm³/mol. The van der Waals surface area contributed by atoms with Crippen LogP contribution in [0.5, 0.6) is 0 Å². The Hall–Kier alpha value is -1.68. The Kier molecular flexibility index (Phi) is 2.75. The second kappa shape index (κ2) is 4.06. The van der Waals surface area contributed by atoms with E-state index in [4.69, 9.17) is 17.3 Å². The Labute approximate surface area is 97.1 Å². The first-order valence-electron chi connectivity index (χ1n) is 4.63. The Morgan fingerprint density at radius 2 is 1.81 bits per heavy atom. The van der Waals surface area contributed by atoms with Gasteiger partial charge >= 0.3 is 0 Å². The van der Waals surface area contributed by atoms with Crippen molar-refractivity contribution in [3.63, 3.8) is 0 Å². The van der Waals surface area contributed by atoms with Crippen molar-refractivity contribution < 1.29 is 4.39 Å². The third-order valence-electron chi connectivity index (χ3n) is 2.22. The molecule has 2 rings (SSSR count). The monoisotopic (exact) mass is 237 g/mol. The lowest BCUT2D eigenvalue weighted by molar-refractivity contribution is 0.628. The molecule has 0 bridgehead atoms. The van der Waals surface area contributed by atoms with Crippen LogP contribution in [0.4, 0.5) is 10.3 Å². The number of rotatable bonds is 1. The van der Waals surface area contributed by atoms with Gasteiger partial charge in [-0.05, 0) is 31.2 Å². The van der Waals surface area contributed by atoms with E-state index in [0.29, 0.717) is 10.8 Å². The molecule has 0 unspecified atom stereocenters. The third kappa shape index (κ3) is 1.97. The van der Waals surface area contributed by atoms with E-state index in [1.165, 1.54) is 12.1 Å². The summed E-state index contributed by atoms with van der Waals surface area (Å²) in [5.74, 6) is -0.190. The van der Waals surface area contributed by atoms with Gasteiger partial charge in [-0.2, -0.15) is 0 Å². The molecule has 5 heteroatoms. The largest absolute Gasteiger partial charge is 0.368 e. The highest BCUT2D eigenvalue weighted by atomic mass is 35.5. The van der Waals surface area contributed by atoms with Gasteiger partial charge in [-0.3, -0.25) is 0 Å². The Balaban J connectivity index is 2.59. The molecular formula is C11H9ClFN3. The van der Waals surface area contributed by atoms with Gasteiger partial charge in [0, 0.05) is 11.1 Å². The summed E-state index contributed by atoms with van der Waals surface area (Å²) < 4.78 is 12.8. The molecule has 0 saturated carbocycles. The van der Waals surface area contributed by atoms with Gasteiger partial charge in [-0.25, -0.2) is 14.4 Å². The molecule has 1 aromatic carbocycles. The fourth-order valence-corrected chi connectivity index (χ4v) is 1.57. The molecule has 1 aromatic heterocycles. The number of nitrogen functional groups attached to an aromatic ring is 1. The molecule has 0 radical (unpaired) electrons. The summed E-state index contributed by atoms with van der Waals surface area (Å²) in [6.45, 7) is 1.79. The highest BCUT2D eigenvalue weighted by Crippen LogP contribution is 2.26. The molecule has 1 heterocycles. The van der Waals surface area contributed by atoms with Gasteiger partial charge in [0.15, 0.2) is 0 Å². The lowest BCUT2D eigenvalue weighted by atomic mass is 10.1. The summed E-state index contributed by atoms with van der Waals surface area (Å²) in [6, 6.07) is 5.98. The van der Waals surface area contributed by atoms with Gasteiger partial charge in [0.1, 0.15) is 11.0 Å². The van der Waals surface area contributed by atoms with Gasteiger partial charge in [-0.1, -0.05) is 11.6 Å².